The second kappa shape index (κ2) is 13.6. The zero-order valence-corrected chi connectivity index (χ0v) is 20.3. The number of rotatable bonds is 6. The number of fused-ring (bicyclic) bond motifs is 1. The Hall–Kier alpha value is -2.86. The maximum absolute atomic E-state index is 9.40. The van der Waals surface area contributed by atoms with Crippen LogP contribution in [0.2, 0.25) is 0 Å². The smallest absolute Gasteiger partial charge is 0.258 e. The first kappa shape index (κ1) is 26.4. The Morgan fingerprint density at radius 3 is 2.67 bits per heavy atom. The molecule has 4 rings (SSSR count). The number of thiol groups is 1. The summed E-state index contributed by atoms with van der Waals surface area (Å²) in [4.78, 5) is 4.57. The predicted octanol–water partition coefficient (Wildman–Crippen LogP) is 4.42. The Bertz CT molecular complexity index is 1060. The number of aromatic nitrogens is 2. The third-order valence-corrected chi connectivity index (χ3v) is 5.15. The Labute approximate surface area is 201 Å². The number of nitriles is 1. The van der Waals surface area contributed by atoms with E-state index in [1.54, 1.807) is 12.1 Å². The van der Waals surface area contributed by atoms with Crippen LogP contribution in [0.25, 0.3) is 22.8 Å². The summed E-state index contributed by atoms with van der Waals surface area (Å²) in [6, 6.07) is 13.8. The molecule has 176 valence electrons. The minimum absolute atomic E-state index is 0.00290. The van der Waals surface area contributed by atoms with Gasteiger partial charge in [-0.1, -0.05) is 23.4 Å². The molecule has 3 N–H and O–H groups in total. The summed E-state index contributed by atoms with van der Waals surface area (Å²) in [7, 11) is 1.50. The van der Waals surface area contributed by atoms with Crippen molar-refractivity contribution in [2.24, 2.45) is 5.73 Å². The lowest BCUT2D eigenvalue weighted by Gasteiger charge is -2.11. The minimum atomic E-state index is 0.00290. The highest BCUT2D eigenvalue weighted by atomic mass is 32.1. The molecule has 0 amide bonds. The summed E-state index contributed by atoms with van der Waals surface area (Å²) in [5, 5.41) is 21.6. The highest BCUT2D eigenvalue weighted by Crippen LogP contribution is 2.32. The van der Waals surface area contributed by atoms with Gasteiger partial charge in [-0.3, -0.25) is 0 Å². The van der Waals surface area contributed by atoms with Crippen molar-refractivity contribution in [3.05, 3.63) is 53.1 Å². The van der Waals surface area contributed by atoms with Crippen LogP contribution in [0.5, 0.6) is 5.75 Å². The topological polar surface area (TPSA) is 118 Å². The number of hydrogen-bond donors (Lipinski definition) is 3. The van der Waals surface area contributed by atoms with E-state index in [9.17, 15) is 5.26 Å². The lowest BCUT2D eigenvalue weighted by molar-refractivity contribution is 0.241. The van der Waals surface area contributed by atoms with Crippen LogP contribution >= 0.6 is 12.6 Å². The van der Waals surface area contributed by atoms with Gasteiger partial charge in [0.15, 0.2) is 0 Å². The second-order valence-corrected chi connectivity index (χ2v) is 7.96. The van der Waals surface area contributed by atoms with Crippen molar-refractivity contribution in [3.8, 4) is 34.7 Å². The summed E-state index contributed by atoms with van der Waals surface area (Å²) in [6.45, 7) is 4.12. The van der Waals surface area contributed by atoms with Crippen LogP contribution in [0.4, 0.5) is 0 Å². The van der Waals surface area contributed by atoms with Gasteiger partial charge in [0.1, 0.15) is 11.8 Å². The quantitative estimate of drug-likeness (QED) is 0.458. The lowest BCUT2D eigenvalue weighted by Crippen LogP contribution is -2.06. The molecule has 1 aliphatic rings. The van der Waals surface area contributed by atoms with E-state index in [1.807, 2.05) is 32.0 Å². The molecule has 0 aliphatic heterocycles. The summed E-state index contributed by atoms with van der Waals surface area (Å²) in [5.74, 6) is 2.35. The fraction of sp³-hybridized carbons (Fsp3) is 0.400. The summed E-state index contributed by atoms with van der Waals surface area (Å²) in [6.07, 6.45) is 4.14. The van der Waals surface area contributed by atoms with Gasteiger partial charge in [-0.15, -0.1) is 0 Å². The third kappa shape index (κ3) is 7.06. The molecule has 0 saturated heterocycles. The van der Waals surface area contributed by atoms with Crippen LogP contribution in [0.3, 0.4) is 0 Å². The molecule has 7 nitrogen and oxygen atoms in total. The van der Waals surface area contributed by atoms with Crippen molar-refractivity contribution in [1.82, 2.24) is 10.1 Å². The number of aliphatic hydroxyl groups is 1. The molecule has 0 unspecified atom stereocenters. The molecule has 1 aliphatic carbocycles. The standard InChI is InChI=1S/C21H19N3O2.C3H8OS.CH5N/c1-13(2)25-19-10-9-15(11-16(19)12-22)21-23-20(24-26-21)18-8-4-6-14-5-3-7-17(14)18;4-2-1-3-5;1-2/h4,6,8-11,13H,3,5,7H2,1-2H3;4-5H,1-3H2;2H2,1H3. The zero-order chi connectivity index (χ0) is 24.2. The molecule has 8 heteroatoms. The highest BCUT2D eigenvalue weighted by molar-refractivity contribution is 7.80. The largest absolute Gasteiger partial charge is 0.490 e. The Kier molecular flexibility index (Phi) is 10.9. The summed E-state index contributed by atoms with van der Waals surface area (Å²) in [5.41, 5.74) is 9.39. The number of hydrogen-bond acceptors (Lipinski definition) is 8. The molecule has 0 radical (unpaired) electrons. The van der Waals surface area contributed by atoms with Gasteiger partial charge in [0, 0.05) is 17.7 Å². The van der Waals surface area contributed by atoms with E-state index >= 15 is 0 Å². The van der Waals surface area contributed by atoms with Crippen LogP contribution in [0, 0.1) is 11.3 Å². The van der Waals surface area contributed by atoms with E-state index in [2.05, 4.69) is 40.6 Å². The van der Waals surface area contributed by atoms with Gasteiger partial charge in [0.2, 0.25) is 5.82 Å². The number of aliphatic hydroxyl groups excluding tert-OH is 1. The van der Waals surface area contributed by atoms with Crippen LogP contribution in [-0.2, 0) is 12.8 Å². The van der Waals surface area contributed by atoms with Gasteiger partial charge in [0.25, 0.3) is 5.89 Å². The van der Waals surface area contributed by atoms with Gasteiger partial charge < -0.3 is 20.1 Å². The van der Waals surface area contributed by atoms with Gasteiger partial charge >= 0.3 is 0 Å². The van der Waals surface area contributed by atoms with Crippen molar-refractivity contribution in [2.45, 2.75) is 45.6 Å². The van der Waals surface area contributed by atoms with Crippen LogP contribution in [0.15, 0.2) is 40.9 Å². The second-order valence-electron chi connectivity index (χ2n) is 7.51. The number of ether oxygens (including phenoxy) is 1. The van der Waals surface area contributed by atoms with E-state index in [4.69, 9.17) is 14.4 Å². The van der Waals surface area contributed by atoms with E-state index in [-0.39, 0.29) is 12.7 Å². The average Bonchev–Trinajstić information content (AvgIpc) is 3.51. The molecule has 2 aromatic carbocycles. The number of nitrogens with zero attached hydrogens (tertiary/aromatic N) is 3. The highest BCUT2D eigenvalue weighted by Gasteiger charge is 2.19. The third-order valence-electron chi connectivity index (χ3n) is 4.84. The Balaban J connectivity index is 0.000000489. The van der Waals surface area contributed by atoms with Crippen molar-refractivity contribution in [1.29, 1.82) is 5.26 Å². The van der Waals surface area contributed by atoms with Crippen LogP contribution in [-0.4, -0.2) is 40.8 Å². The number of nitrogens with two attached hydrogens (primary N) is 1. The maximum Gasteiger partial charge on any atom is 0.258 e. The lowest BCUT2D eigenvalue weighted by atomic mass is 10.0. The zero-order valence-electron chi connectivity index (χ0n) is 19.4. The van der Waals surface area contributed by atoms with E-state index < -0.39 is 0 Å². The van der Waals surface area contributed by atoms with Gasteiger partial charge in [-0.25, -0.2) is 0 Å². The van der Waals surface area contributed by atoms with Gasteiger partial charge in [-0.2, -0.15) is 22.9 Å². The molecular formula is C25H32N4O3S. The Morgan fingerprint density at radius 1 is 1.24 bits per heavy atom. The Morgan fingerprint density at radius 2 is 2.03 bits per heavy atom. The molecule has 0 atom stereocenters. The fourth-order valence-corrected chi connectivity index (χ4v) is 3.60. The summed E-state index contributed by atoms with van der Waals surface area (Å²) >= 11 is 3.84. The SMILES string of the molecule is CC(C)Oc1ccc(-c2nc(-c3cccc4c3CCC4)no2)cc1C#N.CN.OCCCS. The first-order valence-corrected chi connectivity index (χ1v) is 11.7. The number of benzene rings is 2. The molecule has 0 fully saturated rings. The van der Waals surface area contributed by atoms with E-state index in [0.717, 1.165) is 30.6 Å². The molecule has 1 heterocycles. The summed E-state index contributed by atoms with van der Waals surface area (Å²) < 4.78 is 11.1. The van der Waals surface area contributed by atoms with E-state index in [1.165, 1.54) is 24.6 Å². The first-order chi connectivity index (χ1) is 16.1. The molecule has 0 bridgehead atoms. The number of aryl methyl sites for hydroxylation is 1. The van der Waals surface area contributed by atoms with Gasteiger partial charge in [-0.05, 0) is 81.7 Å². The molecule has 33 heavy (non-hydrogen) atoms. The predicted molar refractivity (Wildman–Crippen MR) is 133 cm³/mol. The molecule has 0 saturated carbocycles. The minimum Gasteiger partial charge on any atom is -0.490 e. The van der Waals surface area contributed by atoms with Crippen molar-refractivity contribution in [3.63, 3.8) is 0 Å². The monoisotopic (exact) mass is 468 g/mol. The van der Waals surface area contributed by atoms with Gasteiger partial charge in [0.05, 0.1) is 11.7 Å². The van der Waals surface area contributed by atoms with Crippen LogP contribution < -0.4 is 10.5 Å². The van der Waals surface area contributed by atoms with Crippen molar-refractivity contribution < 1.29 is 14.4 Å². The first-order valence-electron chi connectivity index (χ1n) is 11.0. The maximum atomic E-state index is 9.40. The van der Waals surface area contributed by atoms with E-state index in [0.29, 0.717) is 28.6 Å². The molecular weight excluding hydrogens is 436 g/mol. The molecule has 1 aromatic heterocycles. The van der Waals surface area contributed by atoms with Crippen molar-refractivity contribution >= 4 is 12.6 Å². The van der Waals surface area contributed by atoms with Crippen LogP contribution in [0.1, 0.15) is 43.4 Å². The normalized spacial score (nSPS) is 11.6. The molecule has 0 spiro atoms. The van der Waals surface area contributed by atoms with Crippen molar-refractivity contribution in [2.75, 3.05) is 19.4 Å². The average molecular weight is 469 g/mol. The molecule has 3 aromatic rings. The fourth-order valence-electron chi connectivity index (χ4n) is 3.46.